The summed E-state index contributed by atoms with van der Waals surface area (Å²) in [5, 5.41) is 0. The van der Waals surface area contributed by atoms with E-state index in [1.54, 1.807) is 14.0 Å². The van der Waals surface area contributed by atoms with E-state index in [0.29, 0.717) is 12.1 Å². The van der Waals surface area contributed by atoms with Crippen molar-refractivity contribution in [2.24, 2.45) is 5.41 Å². The third kappa shape index (κ3) is 2.50. The minimum atomic E-state index is -0.242. The Hall–Kier alpha value is -1.16. The van der Waals surface area contributed by atoms with Gasteiger partial charge in [-0.05, 0) is 12.3 Å². The number of carbonyl (C=O) groups is 2. The summed E-state index contributed by atoms with van der Waals surface area (Å²) in [5.41, 5.74) is 0.389. The van der Waals surface area contributed by atoms with Crippen LogP contribution in [0, 0.1) is 5.41 Å². The van der Waals surface area contributed by atoms with Crippen molar-refractivity contribution in [2.75, 3.05) is 13.7 Å². The maximum Gasteiger partial charge on any atom is 0.256 e. The third-order valence-corrected chi connectivity index (χ3v) is 2.79. The van der Waals surface area contributed by atoms with Crippen LogP contribution in [0.5, 0.6) is 0 Å². The number of methoxy groups -OCH3 is 1. The van der Waals surface area contributed by atoms with E-state index in [2.05, 4.69) is 0 Å². The fourth-order valence-corrected chi connectivity index (χ4v) is 1.68. The predicted molar refractivity (Wildman–Crippen MR) is 60.7 cm³/mol. The summed E-state index contributed by atoms with van der Waals surface area (Å²) in [6.07, 6.45) is 1.22. The fraction of sp³-hybridized carbons (Fsp3) is 0.667. The van der Waals surface area contributed by atoms with Gasteiger partial charge < -0.3 is 4.74 Å². The molecule has 1 aliphatic rings. The molecule has 4 nitrogen and oxygen atoms in total. The molecule has 16 heavy (non-hydrogen) atoms. The molecule has 0 aliphatic carbocycles. The Bertz CT molecular complexity index is 339. The SMILES string of the molecule is COC(CN1C(=O)C=C(C)C1=O)C(C)(C)C. The molecule has 0 aromatic rings. The molecular weight excluding hydrogens is 206 g/mol. The minimum Gasteiger partial charge on any atom is -0.379 e. The molecule has 0 fully saturated rings. The summed E-state index contributed by atoms with van der Waals surface area (Å²) >= 11 is 0. The van der Waals surface area contributed by atoms with Crippen molar-refractivity contribution >= 4 is 11.8 Å². The van der Waals surface area contributed by atoms with E-state index < -0.39 is 0 Å². The molecule has 0 N–H and O–H groups in total. The van der Waals surface area contributed by atoms with Gasteiger partial charge in [0.25, 0.3) is 11.8 Å². The van der Waals surface area contributed by atoms with Crippen molar-refractivity contribution in [1.29, 1.82) is 0 Å². The van der Waals surface area contributed by atoms with Crippen LogP contribution in [0.3, 0.4) is 0 Å². The van der Waals surface area contributed by atoms with Crippen molar-refractivity contribution < 1.29 is 14.3 Å². The topological polar surface area (TPSA) is 46.6 Å². The monoisotopic (exact) mass is 225 g/mol. The standard InChI is InChI=1S/C12H19NO3/c1-8-6-10(14)13(11(8)15)7-9(16-5)12(2,3)4/h6,9H,7H2,1-5H3. The highest BCUT2D eigenvalue weighted by atomic mass is 16.5. The second-order valence-corrected chi connectivity index (χ2v) is 5.17. The number of imide groups is 1. The van der Waals surface area contributed by atoms with E-state index in [9.17, 15) is 9.59 Å². The molecule has 0 radical (unpaired) electrons. The fourth-order valence-electron chi connectivity index (χ4n) is 1.68. The van der Waals surface area contributed by atoms with Gasteiger partial charge in [0.1, 0.15) is 0 Å². The highest BCUT2D eigenvalue weighted by Gasteiger charge is 2.34. The van der Waals surface area contributed by atoms with Crippen LogP contribution in [0.4, 0.5) is 0 Å². The van der Waals surface area contributed by atoms with Gasteiger partial charge >= 0.3 is 0 Å². The Balaban J connectivity index is 2.75. The van der Waals surface area contributed by atoms with Gasteiger partial charge in [-0.15, -0.1) is 0 Å². The number of ether oxygens (including phenoxy) is 1. The van der Waals surface area contributed by atoms with Crippen LogP contribution in [0.1, 0.15) is 27.7 Å². The first-order chi connectivity index (χ1) is 7.27. The number of hydrogen-bond donors (Lipinski definition) is 0. The molecule has 1 unspecified atom stereocenters. The van der Waals surface area contributed by atoms with Gasteiger partial charge in [0.15, 0.2) is 0 Å². The predicted octanol–water partition coefficient (Wildman–Crippen LogP) is 1.36. The van der Waals surface area contributed by atoms with Gasteiger partial charge in [0.2, 0.25) is 0 Å². The minimum absolute atomic E-state index is 0.105. The Labute approximate surface area is 96.3 Å². The zero-order valence-corrected chi connectivity index (χ0v) is 10.5. The smallest absolute Gasteiger partial charge is 0.256 e. The van der Waals surface area contributed by atoms with Crippen LogP contribution in [-0.4, -0.2) is 36.5 Å². The number of amides is 2. The number of rotatable bonds is 3. The number of hydrogen-bond acceptors (Lipinski definition) is 3. The van der Waals surface area contributed by atoms with Gasteiger partial charge in [-0.2, -0.15) is 0 Å². The van der Waals surface area contributed by atoms with Crippen LogP contribution < -0.4 is 0 Å². The van der Waals surface area contributed by atoms with Crippen molar-refractivity contribution in [2.45, 2.75) is 33.8 Å². The molecule has 4 heteroatoms. The summed E-state index contributed by atoms with van der Waals surface area (Å²) in [4.78, 5) is 24.5. The Morgan fingerprint density at radius 2 is 1.94 bits per heavy atom. The summed E-state index contributed by atoms with van der Waals surface area (Å²) in [6.45, 7) is 8.02. The Kier molecular flexibility index (Phi) is 3.53. The molecule has 0 saturated carbocycles. The van der Waals surface area contributed by atoms with Crippen molar-refractivity contribution in [3.8, 4) is 0 Å². The highest BCUT2D eigenvalue weighted by molar-refractivity contribution is 6.15. The first-order valence-electron chi connectivity index (χ1n) is 5.34. The lowest BCUT2D eigenvalue weighted by atomic mass is 9.88. The van der Waals surface area contributed by atoms with Crippen molar-refractivity contribution in [1.82, 2.24) is 4.90 Å². The van der Waals surface area contributed by atoms with Gasteiger partial charge in [-0.25, -0.2) is 0 Å². The summed E-state index contributed by atoms with van der Waals surface area (Å²) in [7, 11) is 1.60. The zero-order chi connectivity index (χ0) is 12.5. The molecule has 0 bridgehead atoms. The highest BCUT2D eigenvalue weighted by Crippen LogP contribution is 2.24. The maximum absolute atomic E-state index is 11.7. The molecule has 1 atom stereocenters. The summed E-state index contributed by atoms with van der Waals surface area (Å²) in [6, 6.07) is 0. The average Bonchev–Trinajstić information content (AvgIpc) is 2.37. The van der Waals surface area contributed by atoms with E-state index in [4.69, 9.17) is 4.74 Å². The van der Waals surface area contributed by atoms with Gasteiger partial charge in [-0.3, -0.25) is 14.5 Å². The van der Waals surface area contributed by atoms with Crippen LogP contribution in [-0.2, 0) is 14.3 Å². The van der Waals surface area contributed by atoms with E-state index in [1.807, 2.05) is 20.8 Å². The third-order valence-electron chi connectivity index (χ3n) is 2.79. The van der Waals surface area contributed by atoms with Crippen LogP contribution in [0.2, 0.25) is 0 Å². The van der Waals surface area contributed by atoms with E-state index in [0.717, 1.165) is 0 Å². The molecule has 1 heterocycles. The van der Waals surface area contributed by atoms with Crippen LogP contribution >= 0.6 is 0 Å². The first kappa shape index (κ1) is 12.9. The molecular formula is C12H19NO3. The van der Waals surface area contributed by atoms with Crippen LogP contribution in [0.25, 0.3) is 0 Å². The molecule has 0 aromatic carbocycles. The number of nitrogens with zero attached hydrogens (tertiary/aromatic N) is 1. The lowest BCUT2D eigenvalue weighted by molar-refractivity contribution is -0.140. The second kappa shape index (κ2) is 4.37. The lowest BCUT2D eigenvalue weighted by Crippen LogP contribution is -2.43. The van der Waals surface area contributed by atoms with Crippen LogP contribution in [0.15, 0.2) is 11.6 Å². The quantitative estimate of drug-likeness (QED) is 0.681. The Morgan fingerprint density at radius 3 is 2.25 bits per heavy atom. The van der Waals surface area contributed by atoms with Gasteiger partial charge in [-0.1, -0.05) is 20.8 Å². The van der Waals surface area contributed by atoms with Crippen molar-refractivity contribution in [3.05, 3.63) is 11.6 Å². The molecule has 0 spiro atoms. The van der Waals surface area contributed by atoms with E-state index >= 15 is 0 Å². The lowest BCUT2D eigenvalue weighted by Gasteiger charge is -2.32. The largest absolute Gasteiger partial charge is 0.379 e. The molecule has 2 amide bonds. The summed E-state index contributed by atoms with van der Waals surface area (Å²) < 4.78 is 5.34. The normalized spacial score (nSPS) is 19.1. The second-order valence-electron chi connectivity index (χ2n) is 5.17. The van der Waals surface area contributed by atoms with Gasteiger partial charge in [0.05, 0.1) is 12.6 Å². The zero-order valence-electron chi connectivity index (χ0n) is 10.5. The molecule has 0 saturated heterocycles. The Morgan fingerprint density at radius 1 is 1.38 bits per heavy atom. The first-order valence-corrected chi connectivity index (χ1v) is 5.34. The van der Waals surface area contributed by atoms with Gasteiger partial charge in [0, 0.05) is 18.8 Å². The maximum atomic E-state index is 11.7. The molecule has 1 aliphatic heterocycles. The van der Waals surface area contributed by atoms with E-state index in [1.165, 1.54) is 11.0 Å². The summed E-state index contributed by atoms with van der Waals surface area (Å²) in [5.74, 6) is -0.454. The van der Waals surface area contributed by atoms with E-state index in [-0.39, 0.29) is 23.3 Å². The van der Waals surface area contributed by atoms with Crippen molar-refractivity contribution in [3.63, 3.8) is 0 Å². The average molecular weight is 225 g/mol. The molecule has 90 valence electrons. The molecule has 0 aromatic heterocycles. The number of carbonyl (C=O) groups excluding carboxylic acids is 2. The molecule has 1 rings (SSSR count).